The maximum Gasteiger partial charge on any atom is 0.263 e. The van der Waals surface area contributed by atoms with Crippen LogP contribution < -0.4 is 10.1 Å². The Morgan fingerprint density at radius 2 is 2.07 bits per heavy atom. The van der Waals surface area contributed by atoms with E-state index < -0.39 is 0 Å². The topological polar surface area (TPSA) is 67.3 Å². The van der Waals surface area contributed by atoms with E-state index in [4.69, 9.17) is 4.74 Å². The zero-order valence-corrected chi connectivity index (χ0v) is 17.7. The maximum absolute atomic E-state index is 11.9. The van der Waals surface area contributed by atoms with Crippen molar-refractivity contribution in [1.82, 2.24) is 20.2 Å². The molecule has 0 bridgehead atoms. The fraction of sp³-hybridized carbons (Fsp3) is 0.348. The van der Waals surface area contributed by atoms with Gasteiger partial charge in [-0.1, -0.05) is 24.6 Å². The molecule has 156 valence electrons. The first-order valence-corrected chi connectivity index (χ1v) is 11.2. The predicted octanol–water partition coefficient (Wildman–Crippen LogP) is 4.07. The first-order chi connectivity index (χ1) is 14.8. The molecule has 30 heavy (non-hydrogen) atoms. The first-order valence-electron chi connectivity index (χ1n) is 10.3. The largest absolute Gasteiger partial charge is 0.492 e. The Balaban J connectivity index is 1.26. The van der Waals surface area contributed by atoms with Gasteiger partial charge in [-0.25, -0.2) is 0 Å². The number of hydrogen-bond donors (Lipinski definition) is 1. The Labute approximate surface area is 180 Å². The summed E-state index contributed by atoms with van der Waals surface area (Å²) in [5.41, 5.74) is 4.23. The van der Waals surface area contributed by atoms with Gasteiger partial charge >= 0.3 is 0 Å². The van der Waals surface area contributed by atoms with Crippen molar-refractivity contribution in [2.75, 3.05) is 19.7 Å². The van der Waals surface area contributed by atoms with E-state index in [0.717, 1.165) is 18.8 Å². The van der Waals surface area contributed by atoms with Crippen LogP contribution in [0, 0.1) is 0 Å². The number of nitrogens with one attached hydrogen (secondary N) is 1. The monoisotopic (exact) mass is 422 g/mol. The molecule has 1 fully saturated rings. The number of piperidine rings is 1. The van der Waals surface area contributed by atoms with Gasteiger partial charge in [0, 0.05) is 25.0 Å². The predicted molar refractivity (Wildman–Crippen MR) is 118 cm³/mol. The smallest absolute Gasteiger partial charge is 0.263 e. The third kappa shape index (κ3) is 5.43. The zero-order chi connectivity index (χ0) is 20.6. The van der Waals surface area contributed by atoms with Gasteiger partial charge in [-0.2, -0.15) is 0 Å². The normalized spacial score (nSPS) is 16.9. The Kier molecular flexibility index (Phi) is 7.05. The van der Waals surface area contributed by atoms with Crippen molar-refractivity contribution < 1.29 is 9.53 Å². The Hall–Kier alpha value is -2.77. The number of rotatable bonds is 8. The van der Waals surface area contributed by atoms with Crippen LogP contribution in [0.3, 0.4) is 0 Å². The lowest BCUT2D eigenvalue weighted by Crippen LogP contribution is -2.32. The van der Waals surface area contributed by atoms with Gasteiger partial charge in [0.05, 0.1) is 18.3 Å². The number of benzene rings is 1. The summed E-state index contributed by atoms with van der Waals surface area (Å²) in [7, 11) is 0. The van der Waals surface area contributed by atoms with Gasteiger partial charge in [-0.3, -0.25) is 19.7 Å². The molecular formula is C23H26N4O2S. The Morgan fingerprint density at radius 1 is 1.17 bits per heavy atom. The van der Waals surface area contributed by atoms with Crippen molar-refractivity contribution >= 4 is 17.2 Å². The fourth-order valence-corrected chi connectivity index (χ4v) is 4.34. The summed E-state index contributed by atoms with van der Waals surface area (Å²) in [5.74, 6) is 0.703. The van der Waals surface area contributed by atoms with E-state index >= 15 is 0 Å². The average molecular weight is 423 g/mol. The number of carbonyl (C=O) groups is 1. The summed E-state index contributed by atoms with van der Waals surface area (Å²) >= 11 is 1.33. The van der Waals surface area contributed by atoms with E-state index in [1.54, 1.807) is 11.7 Å². The second-order valence-corrected chi connectivity index (χ2v) is 8.27. The van der Waals surface area contributed by atoms with Crippen molar-refractivity contribution in [1.29, 1.82) is 0 Å². The van der Waals surface area contributed by atoms with Gasteiger partial charge in [0.1, 0.15) is 17.2 Å². The third-order valence-electron chi connectivity index (χ3n) is 5.30. The van der Waals surface area contributed by atoms with Crippen LogP contribution in [-0.4, -0.2) is 40.5 Å². The molecule has 1 amide bonds. The molecule has 1 saturated heterocycles. The molecule has 0 spiro atoms. The maximum atomic E-state index is 11.9. The molecule has 3 aromatic rings. The minimum atomic E-state index is -0.110. The molecule has 2 aromatic heterocycles. The Bertz CT molecular complexity index is 916. The summed E-state index contributed by atoms with van der Waals surface area (Å²) in [6.45, 7) is 2.92. The van der Waals surface area contributed by atoms with Crippen LogP contribution in [-0.2, 0) is 6.54 Å². The van der Waals surface area contributed by atoms with E-state index in [2.05, 4.69) is 38.4 Å². The molecule has 0 saturated carbocycles. The molecule has 1 unspecified atom stereocenters. The fourth-order valence-electron chi connectivity index (χ4n) is 3.80. The van der Waals surface area contributed by atoms with E-state index in [9.17, 15) is 4.79 Å². The number of hydrogen-bond acceptors (Lipinski definition) is 6. The van der Waals surface area contributed by atoms with Gasteiger partial charge in [-0.05, 0) is 48.7 Å². The van der Waals surface area contributed by atoms with E-state index in [-0.39, 0.29) is 5.91 Å². The molecule has 1 aromatic carbocycles. The van der Waals surface area contributed by atoms with Crippen LogP contribution in [0.4, 0.5) is 0 Å². The van der Waals surface area contributed by atoms with Gasteiger partial charge in [0.15, 0.2) is 0 Å². The molecule has 1 aliphatic rings. The summed E-state index contributed by atoms with van der Waals surface area (Å²) in [6, 6.07) is 12.9. The average Bonchev–Trinajstić information content (AvgIpc) is 3.34. The Morgan fingerprint density at radius 3 is 2.83 bits per heavy atom. The van der Waals surface area contributed by atoms with Crippen molar-refractivity contribution in [2.24, 2.45) is 0 Å². The van der Waals surface area contributed by atoms with Crippen LogP contribution in [0.25, 0.3) is 0 Å². The molecule has 6 nitrogen and oxygen atoms in total. The highest BCUT2D eigenvalue weighted by Gasteiger charge is 2.24. The van der Waals surface area contributed by atoms with Crippen molar-refractivity contribution in [3.05, 3.63) is 76.5 Å². The molecule has 4 rings (SSSR count). The minimum absolute atomic E-state index is 0.110. The number of pyridine rings is 1. The van der Waals surface area contributed by atoms with E-state index in [0.29, 0.717) is 24.1 Å². The van der Waals surface area contributed by atoms with Gasteiger partial charge in [0.2, 0.25) is 0 Å². The minimum Gasteiger partial charge on any atom is -0.492 e. The van der Waals surface area contributed by atoms with Crippen LogP contribution in [0.2, 0.25) is 0 Å². The molecule has 1 aliphatic heterocycles. The molecule has 1 atom stereocenters. The van der Waals surface area contributed by atoms with E-state index in [1.807, 2.05) is 30.6 Å². The number of amides is 1. The quantitative estimate of drug-likeness (QED) is 0.554. The zero-order valence-electron chi connectivity index (χ0n) is 16.9. The van der Waals surface area contributed by atoms with E-state index in [1.165, 1.54) is 41.7 Å². The van der Waals surface area contributed by atoms with Gasteiger partial charge in [0.25, 0.3) is 5.91 Å². The molecule has 0 radical (unpaired) electrons. The lowest BCUT2D eigenvalue weighted by atomic mass is 9.96. The number of nitrogens with zero attached hydrogens (tertiary/aromatic N) is 3. The lowest BCUT2D eigenvalue weighted by Gasteiger charge is -2.36. The highest BCUT2D eigenvalue weighted by Crippen LogP contribution is 2.31. The van der Waals surface area contributed by atoms with Gasteiger partial charge < -0.3 is 10.1 Å². The third-order valence-corrected chi connectivity index (χ3v) is 6.08. The standard InChI is InChI=1S/C23H26N4O2S/c28-23(22-15-25-17-30-22)26-11-13-29-20-8-6-18(7-9-20)16-27-12-2-1-5-21(27)19-4-3-10-24-14-19/h3-4,6-10,14-15,17,21H,1-2,5,11-13,16H2,(H,26,28). The first kappa shape index (κ1) is 20.5. The number of carbonyl (C=O) groups excluding carboxylic acids is 1. The highest BCUT2D eigenvalue weighted by molar-refractivity contribution is 7.11. The second kappa shape index (κ2) is 10.3. The van der Waals surface area contributed by atoms with Crippen LogP contribution in [0.5, 0.6) is 5.75 Å². The summed E-state index contributed by atoms with van der Waals surface area (Å²) in [4.78, 5) is 23.2. The summed E-state index contributed by atoms with van der Waals surface area (Å²) in [5, 5.41) is 2.84. The number of thiazole rings is 1. The molecular weight excluding hydrogens is 396 g/mol. The van der Waals surface area contributed by atoms with Crippen molar-refractivity contribution in [2.45, 2.75) is 31.8 Å². The lowest BCUT2D eigenvalue weighted by molar-refractivity contribution is 0.0951. The van der Waals surface area contributed by atoms with Crippen LogP contribution in [0.15, 0.2) is 60.5 Å². The molecule has 0 aliphatic carbocycles. The van der Waals surface area contributed by atoms with Gasteiger partial charge in [-0.15, -0.1) is 11.3 Å². The second-order valence-electron chi connectivity index (χ2n) is 7.38. The van der Waals surface area contributed by atoms with Crippen molar-refractivity contribution in [3.63, 3.8) is 0 Å². The summed E-state index contributed by atoms with van der Waals surface area (Å²) < 4.78 is 5.76. The molecule has 1 N–H and O–H groups in total. The van der Waals surface area contributed by atoms with Crippen molar-refractivity contribution in [3.8, 4) is 5.75 Å². The molecule has 3 heterocycles. The number of ether oxygens (including phenoxy) is 1. The number of likely N-dealkylation sites (tertiary alicyclic amines) is 1. The van der Waals surface area contributed by atoms with Crippen LogP contribution >= 0.6 is 11.3 Å². The highest BCUT2D eigenvalue weighted by atomic mass is 32.1. The SMILES string of the molecule is O=C(NCCOc1ccc(CN2CCCCC2c2cccnc2)cc1)c1cncs1. The van der Waals surface area contributed by atoms with Crippen LogP contribution in [0.1, 0.15) is 46.1 Å². The molecule has 7 heteroatoms. The number of aromatic nitrogens is 2. The summed E-state index contributed by atoms with van der Waals surface area (Å²) in [6.07, 6.45) is 9.09.